The Labute approximate surface area is 133 Å². The van der Waals surface area contributed by atoms with Gasteiger partial charge in [0.25, 0.3) is 0 Å². The number of carboxylic acids is 1. The molecule has 2 aliphatic rings. The van der Waals surface area contributed by atoms with Crippen LogP contribution in [0.5, 0.6) is 0 Å². The maximum absolute atomic E-state index is 12.5. The van der Waals surface area contributed by atoms with Gasteiger partial charge in [0.1, 0.15) is 0 Å². The molecule has 6 heteroatoms. The molecule has 0 radical (unpaired) electrons. The fourth-order valence-electron chi connectivity index (χ4n) is 3.12. The monoisotopic (exact) mass is 323 g/mol. The molecule has 1 saturated heterocycles. The zero-order valence-electron chi connectivity index (χ0n) is 12.0. The van der Waals surface area contributed by atoms with Crippen LogP contribution in [0, 0.1) is 5.92 Å². The minimum atomic E-state index is -1.69. The summed E-state index contributed by atoms with van der Waals surface area (Å²) in [6.07, 6.45) is 0.976. The summed E-state index contributed by atoms with van der Waals surface area (Å²) in [5, 5.41) is 19.6. The number of carbonyl (C=O) groups is 2. The molecular formula is C16H18ClNO4. The maximum atomic E-state index is 12.5. The highest BCUT2D eigenvalue weighted by Crippen LogP contribution is 2.49. The standard InChI is InChI=1S/C16H18ClNO4/c17-11-3-1-2-10(8-11)12-9-13(12)14(19)18-6-4-16(22,5-7-18)15(20)21/h1-3,8,12-13,22H,4-7,9H2,(H,20,21). The molecule has 1 aliphatic heterocycles. The van der Waals surface area contributed by atoms with E-state index in [-0.39, 0.29) is 30.6 Å². The van der Waals surface area contributed by atoms with Gasteiger partial charge in [-0.1, -0.05) is 23.7 Å². The fourth-order valence-corrected chi connectivity index (χ4v) is 3.32. The second kappa shape index (κ2) is 5.56. The van der Waals surface area contributed by atoms with E-state index in [4.69, 9.17) is 16.7 Å². The first-order chi connectivity index (χ1) is 10.4. The van der Waals surface area contributed by atoms with Crippen molar-refractivity contribution in [1.82, 2.24) is 4.90 Å². The number of carboxylic acid groups (broad SMARTS) is 1. The average Bonchev–Trinajstić information content (AvgIpc) is 3.28. The maximum Gasteiger partial charge on any atom is 0.335 e. The first-order valence-electron chi connectivity index (χ1n) is 7.41. The van der Waals surface area contributed by atoms with Crippen molar-refractivity contribution in [3.63, 3.8) is 0 Å². The molecule has 0 aromatic heterocycles. The SMILES string of the molecule is O=C(C1CC1c1cccc(Cl)c1)N1CCC(O)(C(=O)O)CC1. The van der Waals surface area contributed by atoms with E-state index in [0.717, 1.165) is 12.0 Å². The zero-order valence-corrected chi connectivity index (χ0v) is 12.8. The first kappa shape index (κ1) is 15.3. The largest absolute Gasteiger partial charge is 0.479 e. The van der Waals surface area contributed by atoms with Crippen molar-refractivity contribution in [2.24, 2.45) is 5.92 Å². The Kier molecular flexibility index (Phi) is 3.87. The van der Waals surface area contributed by atoms with Crippen molar-refractivity contribution in [2.75, 3.05) is 13.1 Å². The minimum absolute atomic E-state index is 0.0468. The molecular weight excluding hydrogens is 306 g/mol. The van der Waals surface area contributed by atoms with E-state index < -0.39 is 11.6 Å². The van der Waals surface area contributed by atoms with Crippen molar-refractivity contribution in [1.29, 1.82) is 0 Å². The second-order valence-electron chi connectivity index (χ2n) is 6.17. The third kappa shape index (κ3) is 2.83. The number of likely N-dealkylation sites (tertiary alicyclic amines) is 1. The molecule has 1 amide bonds. The number of rotatable bonds is 3. The van der Waals surface area contributed by atoms with Gasteiger partial charge >= 0.3 is 5.97 Å². The Bertz CT molecular complexity index is 610. The third-order valence-electron chi connectivity index (χ3n) is 4.68. The van der Waals surface area contributed by atoms with E-state index in [9.17, 15) is 14.7 Å². The van der Waals surface area contributed by atoms with Crippen molar-refractivity contribution < 1.29 is 19.8 Å². The van der Waals surface area contributed by atoms with Crippen molar-refractivity contribution in [2.45, 2.75) is 30.8 Å². The van der Waals surface area contributed by atoms with Crippen LogP contribution in [0.25, 0.3) is 0 Å². The Morgan fingerprint density at radius 2 is 1.95 bits per heavy atom. The van der Waals surface area contributed by atoms with Crippen LogP contribution in [0.1, 0.15) is 30.7 Å². The van der Waals surface area contributed by atoms with Gasteiger partial charge < -0.3 is 15.1 Å². The molecule has 2 fully saturated rings. The molecule has 1 aromatic rings. The Morgan fingerprint density at radius 1 is 1.27 bits per heavy atom. The van der Waals surface area contributed by atoms with E-state index in [1.165, 1.54) is 0 Å². The van der Waals surface area contributed by atoms with E-state index in [1.807, 2.05) is 24.3 Å². The highest BCUT2D eigenvalue weighted by molar-refractivity contribution is 6.30. The molecule has 118 valence electrons. The van der Waals surface area contributed by atoms with Gasteiger partial charge in [-0.15, -0.1) is 0 Å². The number of halogens is 1. The molecule has 1 heterocycles. The molecule has 0 spiro atoms. The molecule has 1 aliphatic carbocycles. The van der Waals surface area contributed by atoms with Gasteiger partial charge in [-0.05, 0) is 30.0 Å². The van der Waals surface area contributed by atoms with Gasteiger partial charge in [0.05, 0.1) is 0 Å². The number of benzene rings is 1. The molecule has 2 unspecified atom stereocenters. The Hall–Kier alpha value is -1.59. The van der Waals surface area contributed by atoms with E-state index >= 15 is 0 Å². The number of nitrogens with zero attached hydrogens (tertiary/aromatic N) is 1. The fraction of sp³-hybridized carbons (Fsp3) is 0.500. The topological polar surface area (TPSA) is 77.8 Å². The molecule has 1 aromatic carbocycles. The number of amides is 1. The van der Waals surface area contributed by atoms with Gasteiger partial charge in [-0.2, -0.15) is 0 Å². The summed E-state index contributed by atoms with van der Waals surface area (Å²) in [7, 11) is 0. The van der Waals surface area contributed by atoms with Crippen LogP contribution >= 0.6 is 11.6 Å². The first-order valence-corrected chi connectivity index (χ1v) is 7.78. The van der Waals surface area contributed by atoms with Crippen LogP contribution in [0.4, 0.5) is 0 Å². The van der Waals surface area contributed by atoms with E-state index in [0.29, 0.717) is 18.1 Å². The van der Waals surface area contributed by atoms with Gasteiger partial charge in [-0.3, -0.25) is 4.79 Å². The zero-order chi connectivity index (χ0) is 15.9. The van der Waals surface area contributed by atoms with Crippen molar-refractivity contribution in [3.8, 4) is 0 Å². The van der Waals surface area contributed by atoms with Gasteiger partial charge in [0.15, 0.2) is 5.60 Å². The molecule has 3 rings (SSSR count). The molecule has 1 saturated carbocycles. The van der Waals surface area contributed by atoms with Crippen molar-refractivity contribution >= 4 is 23.5 Å². The number of hydrogen-bond donors (Lipinski definition) is 2. The summed E-state index contributed by atoms with van der Waals surface area (Å²) in [5.74, 6) is -0.999. The number of aliphatic carboxylic acids is 1. The number of carbonyl (C=O) groups excluding carboxylic acids is 1. The number of hydrogen-bond acceptors (Lipinski definition) is 3. The van der Waals surface area contributed by atoms with Crippen LogP contribution in [0.2, 0.25) is 5.02 Å². The highest BCUT2D eigenvalue weighted by Gasteiger charge is 2.48. The lowest BCUT2D eigenvalue weighted by Gasteiger charge is -2.35. The smallest absolute Gasteiger partial charge is 0.335 e. The second-order valence-corrected chi connectivity index (χ2v) is 6.60. The van der Waals surface area contributed by atoms with Crippen molar-refractivity contribution in [3.05, 3.63) is 34.9 Å². The predicted molar refractivity (Wildman–Crippen MR) is 80.7 cm³/mol. The summed E-state index contributed by atoms with van der Waals surface area (Å²) in [4.78, 5) is 25.1. The van der Waals surface area contributed by atoms with Gasteiger partial charge in [-0.25, -0.2) is 4.79 Å². The molecule has 0 bridgehead atoms. The Morgan fingerprint density at radius 3 is 2.55 bits per heavy atom. The minimum Gasteiger partial charge on any atom is -0.479 e. The number of piperidine rings is 1. The molecule has 22 heavy (non-hydrogen) atoms. The predicted octanol–water partition coefficient (Wildman–Crippen LogP) is 1.88. The van der Waals surface area contributed by atoms with Crippen LogP contribution in [-0.2, 0) is 9.59 Å². The number of aliphatic hydroxyl groups is 1. The lowest BCUT2D eigenvalue weighted by atomic mass is 9.91. The lowest BCUT2D eigenvalue weighted by molar-refractivity contribution is -0.165. The summed E-state index contributed by atoms with van der Waals surface area (Å²) in [6.45, 7) is 0.584. The third-order valence-corrected chi connectivity index (χ3v) is 4.92. The van der Waals surface area contributed by atoms with Crippen LogP contribution in [-0.4, -0.2) is 45.7 Å². The van der Waals surface area contributed by atoms with E-state index in [1.54, 1.807) is 4.90 Å². The van der Waals surface area contributed by atoms with E-state index in [2.05, 4.69) is 0 Å². The summed E-state index contributed by atoms with van der Waals surface area (Å²) in [6, 6.07) is 7.55. The molecule has 2 N–H and O–H groups in total. The lowest BCUT2D eigenvalue weighted by Crippen LogP contribution is -2.51. The quantitative estimate of drug-likeness (QED) is 0.890. The highest BCUT2D eigenvalue weighted by atomic mass is 35.5. The van der Waals surface area contributed by atoms with Crippen LogP contribution in [0.3, 0.4) is 0 Å². The summed E-state index contributed by atoms with van der Waals surface area (Å²) < 4.78 is 0. The van der Waals surface area contributed by atoms with Crippen LogP contribution < -0.4 is 0 Å². The summed E-state index contributed by atoms with van der Waals surface area (Å²) >= 11 is 5.97. The normalized spacial score (nSPS) is 26.5. The van der Waals surface area contributed by atoms with Crippen LogP contribution in [0.15, 0.2) is 24.3 Å². The molecule has 2 atom stereocenters. The molecule has 5 nitrogen and oxygen atoms in total. The van der Waals surface area contributed by atoms with Gasteiger partial charge in [0.2, 0.25) is 5.91 Å². The van der Waals surface area contributed by atoms with Gasteiger partial charge in [0, 0.05) is 36.9 Å². The Balaban J connectivity index is 1.60. The summed E-state index contributed by atoms with van der Waals surface area (Å²) in [5.41, 5.74) is -0.614. The average molecular weight is 324 g/mol.